The third kappa shape index (κ3) is 3.09. The predicted octanol–water partition coefficient (Wildman–Crippen LogP) is 1.76. The van der Waals surface area contributed by atoms with Gasteiger partial charge in [-0.15, -0.1) is 5.10 Å². The first-order valence-corrected chi connectivity index (χ1v) is 9.75. The van der Waals surface area contributed by atoms with Gasteiger partial charge < -0.3 is 9.80 Å². The lowest BCUT2D eigenvalue weighted by molar-refractivity contribution is -0.140. The topological polar surface area (TPSA) is 79.3 Å². The van der Waals surface area contributed by atoms with E-state index in [1.807, 2.05) is 34.9 Å². The highest BCUT2D eigenvalue weighted by Crippen LogP contribution is 2.31. The van der Waals surface area contributed by atoms with Crippen molar-refractivity contribution >= 4 is 23.3 Å². The average Bonchev–Trinajstić information content (AvgIpc) is 2.99. The van der Waals surface area contributed by atoms with E-state index in [4.69, 9.17) is 0 Å². The van der Waals surface area contributed by atoms with E-state index in [1.54, 1.807) is 6.20 Å². The molecule has 26 heavy (non-hydrogen) atoms. The zero-order chi connectivity index (χ0) is 18.1. The number of aromatic nitrogens is 3. The van der Waals surface area contributed by atoms with Gasteiger partial charge in [0.05, 0.1) is 23.9 Å². The quantitative estimate of drug-likeness (QED) is 0.818. The van der Waals surface area contributed by atoms with Gasteiger partial charge in [-0.05, 0) is 42.9 Å². The number of carbonyl (C=O) groups excluding carboxylic acids is 2. The Bertz CT molecular complexity index is 809. The fraction of sp³-hybridized carbons (Fsp3) is 0.500. The van der Waals surface area contributed by atoms with E-state index in [2.05, 4.69) is 14.6 Å². The molecule has 3 fully saturated rings. The number of amides is 2. The molecule has 5 rings (SSSR count). The first kappa shape index (κ1) is 17.1. The fourth-order valence-electron chi connectivity index (χ4n) is 3.83. The highest BCUT2D eigenvalue weighted by atomic mass is 32.1. The molecular weight excluding hydrogens is 350 g/mol. The van der Waals surface area contributed by atoms with E-state index in [1.165, 1.54) is 0 Å². The average molecular weight is 371 g/mol. The molecule has 2 aromatic heterocycles. The molecule has 0 radical (unpaired) electrons. The van der Waals surface area contributed by atoms with Crippen LogP contribution in [-0.2, 0) is 17.8 Å². The molecule has 0 aromatic carbocycles. The lowest BCUT2D eigenvalue weighted by Crippen LogP contribution is -2.47. The van der Waals surface area contributed by atoms with Crippen LogP contribution in [0.3, 0.4) is 0 Å². The maximum absolute atomic E-state index is 13.0. The lowest BCUT2D eigenvalue weighted by atomic mass is 9.94. The maximum Gasteiger partial charge on any atom is 0.267 e. The van der Waals surface area contributed by atoms with Gasteiger partial charge in [0.15, 0.2) is 0 Å². The molecule has 3 aliphatic rings. The Morgan fingerprint density at radius 1 is 1.31 bits per heavy atom. The van der Waals surface area contributed by atoms with E-state index in [-0.39, 0.29) is 23.8 Å². The van der Waals surface area contributed by atoms with Crippen molar-refractivity contribution < 1.29 is 9.59 Å². The molecular formula is C18H21N5O2S. The monoisotopic (exact) mass is 371 g/mol. The van der Waals surface area contributed by atoms with Crippen LogP contribution in [0.4, 0.5) is 0 Å². The largest absolute Gasteiger partial charge is 0.335 e. The van der Waals surface area contributed by atoms with Crippen molar-refractivity contribution in [1.82, 2.24) is 24.4 Å². The van der Waals surface area contributed by atoms with Crippen LogP contribution in [0.15, 0.2) is 24.4 Å². The minimum Gasteiger partial charge on any atom is -0.335 e. The van der Waals surface area contributed by atoms with Gasteiger partial charge in [0.2, 0.25) is 5.91 Å². The van der Waals surface area contributed by atoms with Crippen LogP contribution in [0.5, 0.6) is 0 Å². The molecule has 136 valence electrons. The van der Waals surface area contributed by atoms with Crippen molar-refractivity contribution in [3.63, 3.8) is 0 Å². The summed E-state index contributed by atoms with van der Waals surface area (Å²) in [6.45, 7) is 3.52. The SMILES string of the molecule is CCc1nnsc1C(=O)N1C[C@H]2CC[C@@H](C1)N(Cc1ccccn1)C2=O. The van der Waals surface area contributed by atoms with Crippen LogP contribution >= 0.6 is 11.5 Å². The molecule has 2 amide bonds. The molecule has 3 aliphatic heterocycles. The van der Waals surface area contributed by atoms with E-state index in [0.29, 0.717) is 30.9 Å². The van der Waals surface area contributed by atoms with Gasteiger partial charge in [-0.1, -0.05) is 17.5 Å². The highest BCUT2D eigenvalue weighted by molar-refractivity contribution is 7.08. The van der Waals surface area contributed by atoms with E-state index >= 15 is 0 Å². The Kier molecular flexibility index (Phi) is 4.67. The van der Waals surface area contributed by atoms with Crippen molar-refractivity contribution in [3.8, 4) is 0 Å². The van der Waals surface area contributed by atoms with Crippen molar-refractivity contribution in [2.75, 3.05) is 13.1 Å². The molecule has 5 heterocycles. The second-order valence-corrected chi connectivity index (χ2v) is 7.58. The van der Waals surface area contributed by atoms with Crippen LogP contribution in [0.2, 0.25) is 0 Å². The second kappa shape index (κ2) is 7.11. The molecule has 7 nitrogen and oxygen atoms in total. The molecule has 0 unspecified atom stereocenters. The second-order valence-electron chi connectivity index (χ2n) is 6.83. The van der Waals surface area contributed by atoms with Crippen LogP contribution < -0.4 is 0 Å². The van der Waals surface area contributed by atoms with Crippen LogP contribution in [0, 0.1) is 5.92 Å². The molecule has 0 spiro atoms. The van der Waals surface area contributed by atoms with Gasteiger partial charge in [-0.2, -0.15) is 0 Å². The number of carbonyl (C=O) groups is 2. The highest BCUT2D eigenvalue weighted by Gasteiger charge is 2.42. The van der Waals surface area contributed by atoms with Crippen molar-refractivity contribution in [2.45, 2.75) is 38.8 Å². The first-order chi connectivity index (χ1) is 12.7. The third-order valence-electron chi connectivity index (χ3n) is 5.22. The number of fused-ring (bicyclic) bond motifs is 4. The lowest BCUT2D eigenvalue weighted by Gasteiger charge is -2.35. The molecule has 2 atom stereocenters. The Morgan fingerprint density at radius 3 is 2.96 bits per heavy atom. The summed E-state index contributed by atoms with van der Waals surface area (Å²) >= 11 is 1.15. The summed E-state index contributed by atoms with van der Waals surface area (Å²) in [4.78, 5) is 34.6. The molecule has 2 bridgehead atoms. The maximum atomic E-state index is 13.0. The normalized spacial score (nSPS) is 22.6. The summed E-state index contributed by atoms with van der Waals surface area (Å²) in [5.41, 5.74) is 1.62. The fourth-order valence-corrected chi connectivity index (χ4v) is 4.55. The van der Waals surface area contributed by atoms with Gasteiger partial charge in [0.1, 0.15) is 4.88 Å². The van der Waals surface area contributed by atoms with Gasteiger partial charge in [0.25, 0.3) is 5.91 Å². The number of hydrogen-bond acceptors (Lipinski definition) is 6. The summed E-state index contributed by atoms with van der Waals surface area (Å²) in [6, 6.07) is 5.78. The van der Waals surface area contributed by atoms with E-state index < -0.39 is 0 Å². The molecule has 3 saturated heterocycles. The predicted molar refractivity (Wildman–Crippen MR) is 96.5 cm³/mol. The number of rotatable bonds is 4. The Labute approximate surface area is 156 Å². The van der Waals surface area contributed by atoms with E-state index in [0.717, 1.165) is 35.8 Å². The smallest absolute Gasteiger partial charge is 0.267 e. The number of piperidine rings is 1. The third-order valence-corrected chi connectivity index (χ3v) is 5.98. The summed E-state index contributed by atoms with van der Waals surface area (Å²) in [7, 11) is 0. The summed E-state index contributed by atoms with van der Waals surface area (Å²) in [5, 5.41) is 4.05. The van der Waals surface area contributed by atoms with Gasteiger partial charge >= 0.3 is 0 Å². The van der Waals surface area contributed by atoms with Gasteiger partial charge in [0, 0.05) is 25.3 Å². The van der Waals surface area contributed by atoms with Crippen LogP contribution in [0.25, 0.3) is 0 Å². The van der Waals surface area contributed by atoms with Gasteiger partial charge in [-0.3, -0.25) is 14.6 Å². The minimum atomic E-state index is -0.132. The molecule has 2 aromatic rings. The summed E-state index contributed by atoms with van der Waals surface area (Å²) in [5.74, 6) is -0.0334. The van der Waals surface area contributed by atoms with Crippen LogP contribution in [-0.4, -0.2) is 55.3 Å². The van der Waals surface area contributed by atoms with Crippen molar-refractivity contribution in [1.29, 1.82) is 0 Å². The Hall–Kier alpha value is -2.35. The standard InChI is InChI=1S/C18H21N5O2S/c1-2-15-16(26-21-20-15)18(25)22-9-12-6-7-14(11-22)23(17(12)24)10-13-5-3-4-8-19-13/h3-5,8,12,14H,2,6-7,9-11H2,1H3/t12-,14+/m1/s1. The Balaban J connectivity index is 1.56. The summed E-state index contributed by atoms with van der Waals surface area (Å²) < 4.78 is 3.93. The van der Waals surface area contributed by atoms with Gasteiger partial charge in [-0.25, -0.2) is 0 Å². The van der Waals surface area contributed by atoms with Crippen molar-refractivity contribution in [2.24, 2.45) is 5.92 Å². The Morgan fingerprint density at radius 2 is 2.19 bits per heavy atom. The number of pyridine rings is 1. The van der Waals surface area contributed by atoms with E-state index in [9.17, 15) is 9.59 Å². The number of nitrogens with zero attached hydrogens (tertiary/aromatic N) is 5. The molecule has 0 N–H and O–H groups in total. The first-order valence-electron chi connectivity index (χ1n) is 8.98. The number of hydrogen-bond donors (Lipinski definition) is 0. The molecule has 0 saturated carbocycles. The number of aryl methyl sites for hydroxylation is 1. The summed E-state index contributed by atoms with van der Waals surface area (Å²) in [6.07, 6.45) is 4.19. The van der Waals surface area contributed by atoms with Crippen molar-refractivity contribution in [3.05, 3.63) is 40.7 Å². The molecule has 0 aliphatic carbocycles. The van der Waals surface area contributed by atoms with Crippen LogP contribution in [0.1, 0.15) is 40.8 Å². The molecule has 8 heteroatoms. The zero-order valence-electron chi connectivity index (χ0n) is 14.7. The zero-order valence-corrected chi connectivity index (χ0v) is 15.5. The minimum absolute atomic E-state index is 0.0400.